The van der Waals surface area contributed by atoms with Crippen molar-refractivity contribution in [1.29, 1.82) is 0 Å². The minimum absolute atomic E-state index is 0.0428. The molecule has 0 fully saturated rings. The summed E-state index contributed by atoms with van der Waals surface area (Å²) in [5.74, 6) is 0.0428. The third-order valence-corrected chi connectivity index (χ3v) is 2.40. The first-order valence-electron chi connectivity index (χ1n) is 5.07. The molecule has 0 aromatic carbocycles. The van der Waals surface area contributed by atoms with Gasteiger partial charge in [0.2, 0.25) is 0 Å². The molecule has 0 bridgehead atoms. The number of aryl methyl sites for hydroxylation is 1. The van der Waals surface area contributed by atoms with Crippen molar-refractivity contribution in [2.45, 2.75) is 33.2 Å². The van der Waals surface area contributed by atoms with Gasteiger partial charge in [0, 0.05) is 13.2 Å². The number of hydrogen-bond donors (Lipinski definition) is 1. The average Bonchev–Trinajstić information content (AvgIpc) is 2.48. The molecule has 15 heavy (non-hydrogen) atoms. The predicted molar refractivity (Wildman–Crippen MR) is 59.3 cm³/mol. The molecule has 4 heteroatoms. The van der Waals surface area contributed by atoms with Crippen LogP contribution in [0.1, 0.15) is 26.5 Å². The van der Waals surface area contributed by atoms with Gasteiger partial charge in [0.25, 0.3) is 0 Å². The summed E-state index contributed by atoms with van der Waals surface area (Å²) >= 11 is 0. The van der Waals surface area contributed by atoms with Crippen molar-refractivity contribution in [3.05, 3.63) is 18.0 Å². The number of carbonyl (C=O) groups is 1. The number of hydrogen-bond acceptors (Lipinski definition) is 3. The predicted octanol–water partition coefficient (Wildman–Crippen LogP) is 0.905. The molecular weight excluding hydrogens is 190 g/mol. The second kappa shape index (κ2) is 4.14. The molecule has 1 heterocycles. The SMILES string of the molecule is Cn1ccc(CC(=O)C(N)C(C)(C)C)n1. The minimum Gasteiger partial charge on any atom is -0.321 e. The highest BCUT2D eigenvalue weighted by molar-refractivity contribution is 5.86. The largest absolute Gasteiger partial charge is 0.321 e. The number of rotatable bonds is 3. The standard InChI is InChI=1S/C11H19N3O/c1-11(2,3)10(12)9(15)7-8-5-6-14(4)13-8/h5-6,10H,7,12H2,1-4H3. The fourth-order valence-electron chi connectivity index (χ4n) is 1.33. The van der Waals surface area contributed by atoms with Crippen LogP contribution in [0.25, 0.3) is 0 Å². The van der Waals surface area contributed by atoms with Crippen LogP contribution in [-0.4, -0.2) is 21.6 Å². The molecule has 1 unspecified atom stereocenters. The molecule has 4 nitrogen and oxygen atoms in total. The van der Waals surface area contributed by atoms with Crippen molar-refractivity contribution in [1.82, 2.24) is 9.78 Å². The summed E-state index contributed by atoms with van der Waals surface area (Å²) in [6, 6.07) is 1.41. The first-order valence-corrected chi connectivity index (χ1v) is 5.07. The molecule has 1 aromatic rings. The van der Waals surface area contributed by atoms with Gasteiger partial charge in [-0.05, 0) is 11.5 Å². The summed E-state index contributed by atoms with van der Waals surface area (Å²) in [6.45, 7) is 5.90. The van der Waals surface area contributed by atoms with Gasteiger partial charge in [0.1, 0.15) is 0 Å². The van der Waals surface area contributed by atoms with Gasteiger partial charge in [-0.25, -0.2) is 0 Å². The quantitative estimate of drug-likeness (QED) is 0.804. The maximum atomic E-state index is 11.8. The highest BCUT2D eigenvalue weighted by Gasteiger charge is 2.27. The number of nitrogens with zero attached hydrogens (tertiary/aromatic N) is 2. The zero-order chi connectivity index (χ0) is 11.6. The van der Waals surface area contributed by atoms with Crippen molar-refractivity contribution in [3.63, 3.8) is 0 Å². The molecule has 1 atom stereocenters. The van der Waals surface area contributed by atoms with E-state index in [0.717, 1.165) is 5.69 Å². The Hall–Kier alpha value is -1.16. The molecule has 0 saturated carbocycles. The Morgan fingerprint density at radius 2 is 2.20 bits per heavy atom. The number of nitrogens with two attached hydrogens (primary N) is 1. The van der Waals surface area contributed by atoms with Gasteiger partial charge in [0.15, 0.2) is 5.78 Å². The summed E-state index contributed by atoms with van der Waals surface area (Å²) in [6.07, 6.45) is 2.14. The van der Waals surface area contributed by atoms with Crippen molar-refractivity contribution in [2.24, 2.45) is 18.2 Å². The lowest BCUT2D eigenvalue weighted by Crippen LogP contribution is -2.43. The van der Waals surface area contributed by atoms with E-state index < -0.39 is 6.04 Å². The number of ketones is 1. The van der Waals surface area contributed by atoms with Crippen molar-refractivity contribution < 1.29 is 4.79 Å². The van der Waals surface area contributed by atoms with Crippen molar-refractivity contribution >= 4 is 5.78 Å². The third kappa shape index (κ3) is 3.16. The van der Waals surface area contributed by atoms with Crippen LogP contribution in [0.2, 0.25) is 0 Å². The Labute approximate surface area is 90.5 Å². The lowest BCUT2D eigenvalue weighted by atomic mass is 9.84. The van der Waals surface area contributed by atoms with Crippen LogP contribution < -0.4 is 5.73 Å². The van der Waals surface area contributed by atoms with Gasteiger partial charge in [-0.1, -0.05) is 20.8 Å². The van der Waals surface area contributed by atoms with E-state index in [1.165, 1.54) is 0 Å². The van der Waals surface area contributed by atoms with Gasteiger partial charge in [0.05, 0.1) is 18.2 Å². The van der Waals surface area contributed by atoms with E-state index in [-0.39, 0.29) is 11.2 Å². The Morgan fingerprint density at radius 1 is 1.60 bits per heavy atom. The van der Waals surface area contributed by atoms with E-state index in [9.17, 15) is 4.79 Å². The Balaban J connectivity index is 2.64. The van der Waals surface area contributed by atoms with E-state index in [1.54, 1.807) is 4.68 Å². The molecule has 0 saturated heterocycles. The highest BCUT2D eigenvalue weighted by Crippen LogP contribution is 2.18. The molecule has 1 aromatic heterocycles. The summed E-state index contributed by atoms with van der Waals surface area (Å²) in [7, 11) is 1.83. The van der Waals surface area contributed by atoms with Crippen LogP contribution in [0.15, 0.2) is 12.3 Å². The molecule has 0 aliphatic heterocycles. The normalized spacial score (nSPS) is 13.9. The molecular formula is C11H19N3O. The van der Waals surface area contributed by atoms with Crippen molar-refractivity contribution in [3.8, 4) is 0 Å². The molecule has 0 aliphatic rings. The van der Waals surface area contributed by atoms with Gasteiger partial charge in [-0.2, -0.15) is 5.10 Å². The maximum Gasteiger partial charge on any atom is 0.156 e. The smallest absolute Gasteiger partial charge is 0.156 e. The van der Waals surface area contributed by atoms with Crippen LogP contribution in [-0.2, 0) is 18.3 Å². The van der Waals surface area contributed by atoms with Crippen LogP contribution in [0.5, 0.6) is 0 Å². The minimum atomic E-state index is -0.431. The molecule has 0 aliphatic carbocycles. The van der Waals surface area contributed by atoms with Crippen LogP contribution >= 0.6 is 0 Å². The third-order valence-electron chi connectivity index (χ3n) is 2.40. The van der Waals surface area contributed by atoms with E-state index >= 15 is 0 Å². The highest BCUT2D eigenvalue weighted by atomic mass is 16.1. The zero-order valence-electron chi connectivity index (χ0n) is 9.82. The Bertz CT molecular complexity index is 349. The summed E-state index contributed by atoms with van der Waals surface area (Å²) in [5, 5.41) is 4.16. The first kappa shape index (κ1) is 11.9. The number of carbonyl (C=O) groups excluding carboxylic acids is 1. The maximum absolute atomic E-state index is 11.8. The Kier molecular flexibility index (Phi) is 3.29. The topological polar surface area (TPSA) is 60.9 Å². The van der Waals surface area contributed by atoms with E-state index in [4.69, 9.17) is 5.73 Å². The van der Waals surface area contributed by atoms with Crippen LogP contribution in [0.3, 0.4) is 0 Å². The summed E-state index contributed by atoms with van der Waals surface area (Å²) in [5.41, 5.74) is 6.46. The van der Waals surface area contributed by atoms with E-state index in [2.05, 4.69) is 5.10 Å². The van der Waals surface area contributed by atoms with Gasteiger partial charge in [-0.15, -0.1) is 0 Å². The number of aromatic nitrogens is 2. The van der Waals surface area contributed by atoms with Crippen molar-refractivity contribution in [2.75, 3.05) is 0 Å². The molecule has 1 rings (SSSR count). The Morgan fingerprint density at radius 3 is 2.60 bits per heavy atom. The second-order valence-corrected chi connectivity index (χ2v) is 4.97. The fraction of sp³-hybridized carbons (Fsp3) is 0.636. The second-order valence-electron chi connectivity index (χ2n) is 4.97. The van der Waals surface area contributed by atoms with Crippen LogP contribution in [0, 0.1) is 5.41 Å². The molecule has 0 amide bonds. The first-order chi connectivity index (χ1) is 6.80. The monoisotopic (exact) mass is 209 g/mol. The average molecular weight is 209 g/mol. The molecule has 2 N–H and O–H groups in total. The fourth-order valence-corrected chi connectivity index (χ4v) is 1.33. The van der Waals surface area contributed by atoms with Gasteiger partial charge < -0.3 is 5.73 Å². The summed E-state index contributed by atoms with van der Waals surface area (Å²) in [4.78, 5) is 11.8. The van der Waals surface area contributed by atoms with Crippen LogP contribution in [0.4, 0.5) is 0 Å². The molecule has 0 spiro atoms. The summed E-state index contributed by atoms with van der Waals surface area (Å²) < 4.78 is 1.69. The lowest BCUT2D eigenvalue weighted by Gasteiger charge is -2.25. The van der Waals surface area contributed by atoms with E-state index in [0.29, 0.717) is 6.42 Å². The van der Waals surface area contributed by atoms with Gasteiger partial charge in [-0.3, -0.25) is 9.48 Å². The lowest BCUT2D eigenvalue weighted by molar-refractivity contribution is -0.121. The molecule has 0 radical (unpaired) electrons. The zero-order valence-corrected chi connectivity index (χ0v) is 9.82. The molecule has 84 valence electrons. The number of Topliss-reactive ketones (excluding diaryl/α,β-unsaturated/α-hetero) is 1. The van der Waals surface area contributed by atoms with E-state index in [1.807, 2.05) is 40.1 Å². The van der Waals surface area contributed by atoms with Gasteiger partial charge >= 0.3 is 0 Å².